The zero-order chi connectivity index (χ0) is 17.6. The van der Waals surface area contributed by atoms with Crippen molar-refractivity contribution in [3.8, 4) is 10.6 Å². The van der Waals surface area contributed by atoms with Gasteiger partial charge < -0.3 is 15.6 Å². The zero-order valence-corrected chi connectivity index (χ0v) is 15.3. The third kappa shape index (κ3) is 2.75. The van der Waals surface area contributed by atoms with Crippen molar-refractivity contribution in [1.82, 2.24) is 19.5 Å². The summed E-state index contributed by atoms with van der Waals surface area (Å²) in [6, 6.07) is 8.56. The van der Waals surface area contributed by atoms with Crippen molar-refractivity contribution in [3.05, 3.63) is 36.2 Å². The van der Waals surface area contributed by atoms with Gasteiger partial charge >= 0.3 is 0 Å². The summed E-state index contributed by atoms with van der Waals surface area (Å²) in [5, 5.41) is 4.10. The molecule has 1 atom stereocenters. The average Bonchev–Trinajstić information content (AvgIpc) is 3.17. The second-order valence-electron chi connectivity index (χ2n) is 6.32. The Bertz CT molecular complexity index is 1060. The van der Waals surface area contributed by atoms with E-state index in [2.05, 4.69) is 34.6 Å². The van der Waals surface area contributed by atoms with E-state index in [1.807, 2.05) is 25.6 Å². The van der Waals surface area contributed by atoms with Gasteiger partial charge in [0.25, 0.3) is 0 Å². The van der Waals surface area contributed by atoms with Gasteiger partial charge in [0.2, 0.25) is 0 Å². The molecule has 0 bridgehead atoms. The largest absolute Gasteiger partial charge is 0.371 e. The van der Waals surface area contributed by atoms with Gasteiger partial charge in [-0.1, -0.05) is 29.5 Å². The van der Waals surface area contributed by atoms with Gasteiger partial charge in [0.15, 0.2) is 5.82 Å². The third-order valence-electron chi connectivity index (χ3n) is 4.18. The number of pyridine rings is 1. The number of benzene rings is 1. The van der Waals surface area contributed by atoms with Crippen LogP contribution in [-0.2, 0) is 13.5 Å². The Morgan fingerprint density at radius 2 is 2.12 bits per heavy atom. The molecule has 0 saturated carbocycles. The fourth-order valence-corrected chi connectivity index (χ4v) is 4.02. The second kappa shape index (κ2) is 6.09. The summed E-state index contributed by atoms with van der Waals surface area (Å²) in [4.78, 5) is 14.9. The molecule has 0 aliphatic rings. The summed E-state index contributed by atoms with van der Waals surface area (Å²) in [7, 11) is 3.85. The number of imidazole rings is 1. The van der Waals surface area contributed by atoms with Crippen molar-refractivity contribution in [2.45, 2.75) is 19.4 Å². The van der Waals surface area contributed by atoms with Gasteiger partial charge in [0, 0.05) is 25.7 Å². The molecule has 3 N–H and O–H groups in total. The predicted molar refractivity (Wildman–Crippen MR) is 104 cm³/mol. The van der Waals surface area contributed by atoms with E-state index in [9.17, 15) is 0 Å². The van der Waals surface area contributed by atoms with E-state index in [0.29, 0.717) is 0 Å². The van der Waals surface area contributed by atoms with Crippen LogP contribution in [-0.4, -0.2) is 32.6 Å². The number of aromatic nitrogens is 4. The van der Waals surface area contributed by atoms with Crippen LogP contribution in [0.4, 0.5) is 5.82 Å². The van der Waals surface area contributed by atoms with Crippen LogP contribution in [0.15, 0.2) is 30.6 Å². The monoisotopic (exact) mass is 352 g/mol. The lowest BCUT2D eigenvalue weighted by molar-refractivity contribution is 0.738. The summed E-state index contributed by atoms with van der Waals surface area (Å²) >= 11 is 1.60. The molecule has 0 aliphatic heterocycles. The Labute approximate surface area is 149 Å². The van der Waals surface area contributed by atoms with Gasteiger partial charge in [-0.25, -0.2) is 15.0 Å². The van der Waals surface area contributed by atoms with Crippen LogP contribution in [0.25, 0.3) is 32.0 Å². The Balaban J connectivity index is 1.90. The molecule has 0 fully saturated rings. The molecule has 3 heterocycles. The summed E-state index contributed by atoms with van der Waals surface area (Å²) in [6.45, 7) is 2.02. The zero-order valence-electron chi connectivity index (χ0n) is 14.4. The highest BCUT2D eigenvalue weighted by atomic mass is 32.1. The van der Waals surface area contributed by atoms with Crippen molar-refractivity contribution in [2.75, 3.05) is 12.4 Å². The first-order valence-corrected chi connectivity index (χ1v) is 9.02. The minimum Gasteiger partial charge on any atom is -0.371 e. The summed E-state index contributed by atoms with van der Waals surface area (Å²) < 4.78 is 2.00. The lowest BCUT2D eigenvalue weighted by Crippen LogP contribution is -2.17. The van der Waals surface area contributed by atoms with E-state index in [1.54, 1.807) is 17.7 Å². The first kappa shape index (κ1) is 16.0. The molecular formula is C18H20N6S. The van der Waals surface area contributed by atoms with Crippen LogP contribution in [0.5, 0.6) is 0 Å². The summed E-state index contributed by atoms with van der Waals surface area (Å²) in [5.74, 6) is 0.781. The number of nitrogens with zero attached hydrogens (tertiary/aromatic N) is 4. The number of nitrogens with one attached hydrogen (secondary N) is 1. The first-order chi connectivity index (χ1) is 12.1. The van der Waals surface area contributed by atoms with Crippen LogP contribution < -0.4 is 11.1 Å². The number of hydrogen-bond donors (Lipinski definition) is 2. The fraction of sp³-hybridized carbons (Fsp3) is 0.278. The first-order valence-electron chi connectivity index (χ1n) is 8.21. The molecule has 0 spiro atoms. The van der Waals surface area contributed by atoms with E-state index in [1.165, 1.54) is 5.56 Å². The van der Waals surface area contributed by atoms with Gasteiger partial charge in [0.1, 0.15) is 26.4 Å². The van der Waals surface area contributed by atoms with Gasteiger partial charge in [-0.15, -0.1) is 0 Å². The van der Waals surface area contributed by atoms with Crippen molar-refractivity contribution >= 4 is 38.5 Å². The van der Waals surface area contributed by atoms with E-state index >= 15 is 0 Å². The van der Waals surface area contributed by atoms with Gasteiger partial charge in [-0.2, -0.15) is 0 Å². The minimum atomic E-state index is 0.138. The molecule has 6 nitrogen and oxygen atoms in total. The predicted octanol–water partition coefficient (Wildman–Crippen LogP) is 3.18. The van der Waals surface area contributed by atoms with Crippen molar-refractivity contribution < 1.29 is 0 Å². The molecule has 1 unspecified atom stereocenters. The van der Waals surface area contributed by atoms with Crippen LogP contribution in [0.2, 0.25) is 0 Å². The molecule has 0 radical (unpaired) electrons. The number of aryl methyl sites for hydroxylation is 1. The van der Waals surface area contributed by atoms with Crippen molar-refractivity contribution in [3.63, 3.8) is 0 Å². The van der Waals surface area contributed by atoms with Crippen molar-refractivity contribution in [1.29, 1.82) is 0 Å². The second-order valence-corrected chi connectivity index (χ2v) is 7.30. The lowest BCUT2D eigenvalue weighted by atomic mass is 10.1. The van der Waals surface area contributed by atoms with E-state index in [4.69, 9.17) is 15.7 Å². The number of hydrogen-bond acceptors (Lipinski definition) is 6. The van der Waals surface area contributed by atoms with Gasteiger partial charge in [-0.05, 0) is 25.0 Å². The van der Waals surface area contributed by atoms with E-state index < -0.39 is 0 Å². The molecule has 1 aromatic carbocycles. The number of anilines is 1. The third-order valence-corrected chi connectivity index (χ3v) is 5.18. The van der Waals surface area contributed by atoms with Crippen LogP contribution >= 0.6 is 11.3 Å². The van der Waals surface area contributed by atoms with Crippen LogP contribution in [0.3, 0.4) is 0 Å². The van der Waals surface area contributed by atoms with Crippen LogP contribution in [0.1, 0.15) is 12.5 Å². The quantitative estimate of drug-likeness (QED) is 0.589. The molecule has 128 valence electrons. The van der Waals surface area contributed by atoms with Gasteiger partial charge in [-0.3, -0.25) is 0 Å². The van der Waals surface area contributed by atoms with Crippen molar-refractivity contribution in [2.24, 2.45) is 12.8 Å². The maximum absolute atomic E-state index is 5.93. The summed E-state index contributed by atoms with van der Waals surface area (Å²) in [5.41, 5.74) is 11.0. The maximum atomic E-state index is 5.93. The molecule has 0 amide bonds. The number of fused-ring (bicyclic) bond motifs is 3. The molecule has 25 heavy (non-hydrogen) atoms. The highest BCUT2D eigenvalue weighted by molar-refractivity contribution is 7.21. The Morgan fingerprint density at radius 1 is 1.28 bits per heavy atom. The number of thiazole rings is 1. The SMILES string of the molecule is CNc1nc2sc(-c3cccc(CC(C)N)c3)nc2c2c1ncn2C. The molecule has 7 heteroatoms. The Kier molecular flexibility index (Phi) is 3.89. The minimum absolute atomic E-state index is 0.138. The number of rotatable bonds is 4. The fourth-order valence-electron chi connectivity index (χ4n) is 3.08. The normalized spacial score (nSPS) is 12.8. The molecule has 3 aromatic heterocycles. The average molecular weight is 352 g/mol. The highest BCUT2D eigenvalue weighted by Gasteiger charge is 2.17. The molecular weight excluding hydrogens is 332 g/mol. The number of nitrogens with two attached hydrogens (primary N) is 1. The maximum Gasteiger partial charge on any atom is 0.155 e. The summed E-state index contributed by atoms with van der Waals surface area (Å²) in [6.07, 6.45) is 2.65. The topological polar surface area (TPSA) is 81.7 Å². The molecule has 0 saturated heterocycles. The van der Waals surface area contributed by atoms with E-state index in [0.717, 1.165) is 44.2 Å². The Hall–Kier alpha value is -2.51. The van der Waals surface area contributed by atoms with Gasteiger partial charge in [0.05, 0.1) is 6.33 Å². The highest BCUT2D eigenvalue weighted by Crippen LogP contribution is 2.35. The lowest BCUT2D eigenvalue weighted by Gasteiger charge is -2.06. The van der Waals surface area contributed by atoms with E-state index in [-0.39, 0.29) is 6.04 Å². The molecule has 4 rings (SSSR count). The Morgan fingerprint density at radius 3 is 2.88 bits per heavy atom. The molecule has 4 aromatic rings. The van der Waals surface area contributed by atoms with Crippen LogP contribution in [0, 0.1) is 0 Å². The molecule has 0 aliphatic carbocycles. The standard InChI is InChI=1S/C18H20N6S/c1-10(19)7-11-5-4-6-12(8-11)17-22-14-15-13(21-9-24(15)3)16(20-2)23-18(14)25-17/h4-6,8-10H,7,19H2,1-3H3,(H,20,23). The smallest absolute Gasteiger partial charge is 0.155 e.